The van der Waals surface area contributed by atoms with Crippen LogP contribution >= 0.6 is 0 Å². The molecule has 0 bridgehead atoms. The Morgan fingerprint density at radius 3 is 2.54 bits per heavy atom. The van der Waals surface area contributed by atoms with Crippen LogP contribution in [0.1, 0.15) is 18.2 Å². The van der Waals surface area contributed by atoms with E-state index in [0.29, 0.717) is 18.2 Å². The Hall–Kier alpha value is -3.02. The van der Waals surface area contributed by atoms with E-state index < -0.39 is 0 Å². The average Bonchev–Trinajstić information content (AvgIpc) is 2.64. The second-order valence-corrected chi connectivity index (χ2v) is 5.58. The molecule has 0 aliphatic heterocycles. The number of nitrogens with zero attached hydrogens (tertiary/aromatic N) is 5. The fraction of sp³-hybridized carbons (Fsp3) is 0.222. The van der Waals surface area contributed by atoms with Crippen LogP contribution in [0.15, 0.2) is 48.9 Å². The van der Waals surface area contributed by atoms with Crippen LogP contribution in [0.2, 0.25) is 0 Å². The molecule has 122 valence electrons. The Bertz CT molecular complexity index is 801. The van der Waals surface area contributed by atoms with Gasteiger partial charge in [0.1, 0.15) is 11.6 Å². The van der Waals surface area contributed by atoms with Gasteiger partial charge in [0.2, 0.25) is 0 Å². The maximum Gasteiger partial charge on any atom is 0.161 e. The van der Waals surface area contributed by atoms with E-state index in [9.17, 15) is 0 Å². The first-order valence-electron chi connectivity index (χ1n) is 7.85. The molecule has 3 aromatic heterocycles. The van der Waals surface area contributed by atoms with E-state index in [1.165, 1.54) is 0 Å². The average molecular weight is 320 g/mol. The van der Waals surface area contributed by atoms with Crippen molar-refractivity contribution in [1.29, 1.82) is 0 Å². The van der Waals surface area contributed by atoms with Crippen LogP contribution in [0.4, 0.5) is 11.6 Å². The monoisotopic (exact) mass is 320 g/mol. The van der Waals surface area contributed by atoms with E-state index in [4.69, 9.17) is 10.7 Å². The van der Waals surface area contributed by atoms with Crippen LogP contribution in [0.3, 0.4) is 0 Å². The third-order valence-corrected chi connectivity index (χ3v) is 3.72. The Balaban J connectivity index is 1.90. The van der Waals surface area contributed by atoms with Crippen LogP contribution < -0.4 is 10.6 Å². The molecular formula is C18H20N6. The summed E-state index contributed by atoms with van der Waals surface area (Å²) in [5.41, 5.74) is 8.69. The highest BCUT2D eigenvalue weighted by Gasteiger charge is 2.10. The summed E-state index contributed by atoms with van der Waals surface area (Å²) in [5.74, 6) is 2.12. The molecule has 3 heterocycles. The maximum absolute atomic E-state index is 5.64. The van der Waals surface area contributed by atoms with Gasteiger partial charge in [-0.25, -0.2) is 15.0 Å². The summed E-state index contributed by atoms with van der Waals surface area (Å²) in [5, 5.41) is 0. The Kier molecular flexibility index (Phi) is 4.65. The smallest absolute Gasteiger partial charge is 0.161 e. The predicted octanol–water partition coefficient (Wildman–Crippen LogP) is 2.71. The quantitative estimate of drug-likeness (QED) is 0.778. The predicted molar refractivity (Wildman–Crippen MR) is 95.4 cm³/mol. The van der Waals surface area contributed by atoms with E-state index in [1.54, 1.807) is 18.6 Å². The van der Waals surface area contributed by atoms with Crippen molar-refractivity contribution in [2.24, 2.45) is 0 Å². The second kappa shape index (κ2) is 7.04. The molecule has 0 saturated heterocycles. The molecule has 0 atom stereocenters. The van der Waals surface area contributed by atoms with Crippen molar-refractivity contribution in [3.05, 3.63) is 60.2 Å². The highest BCUT2D eigenvalue weighted by Crippen LogP contribution is 2.20. The van der Waals surface area contributed by atoms with Gasteiger partial charge in [-0.3, -0.25) is 4.98 Å². The zero-order valence-corrected chi connectivity index (χ0v) is 13.8. The topological polar surface area (TPSA) is 80.8 Å². The van der Waals surface area contributed by atoms with Gasteiger partial charge < -0.3 is 10.6 Å². The molecule has 0 radical (unpaired) electrons. The van der Waals surface area contributed by atoms with E-state index in [-0.39, 0.29) is 0 Å². The molecule has 0 amide bonds. The summed E-state index contributed by atoms with van der Waals surface area (Å²) in [6.07, 6.45) is 6.14. The number of rotatable bonds is 5. The third-order valence-electron chi connectivity index (χ3n) is 3.72. The zero-order valence-electron chi connectivity index (χ0n) is 13.8. The van der Waals surface area contributed by atoms with Crippen LogP contribution in [0, 0.1) is 0 Å². The number of hydrogen-bond donors (Lipinski definition) is 1. The van der Waals surface area contributed by atoms with Crippen molar-refractivity contribution < 1.29 is 0 Å². The number of hydrogen-bond acceptors (Lipinski definition) is 6. The molecule has 3 aromatic rings. The lowest BCUT2D eigenvalue weighted by Gasteiger charge is -2.19. The van der Waals surface area contributed by atoms with Crippen molar-refractivity contribution in [2.45, 2.75) is 19.9 Å². The Morgan fingerprint density at radius 1 is 1.08 bits per heavy atom. The molecular weight excluding hydrogens is 300 g/mol. The largest absolute Gasteiger partial charge is 0.384 e. The Labute approximate surface area is 141 Å². The van der Waals surface area contributed by atoms with E-state index >= 15 is 0 Å². The molecule has 3 rings (SSSR count). The van der Waals surface area contributed by atoms with Gasteiger partial charge in [0.25, 0.3) is 0 Å². The molecule has 0 fully saturated rings. The molecule has 6 heteroatoms. The Morgan fingerprint density at radius 2 is 1.88 bits per heavy atom. The van der Waals surface area contributed by atoms with Crippen molar-refractivity contribution in [3.8, 4) is 11.4 Å². The highest BCUT2D eigenvalue weighted by molar-refractivity contribution is 5.57. The molecule has 2 N–H and O–H groups in total. The minimum absolute atomic E-state index is 0.525. The number of anilines is 2. The fourth-order valence-electron chi connectivity index (χ4n) is 2.37. The van der Waals surface area contributed by atoms with Crippen molar-refractivity contribution in [3.63, 3.8) is 0 Å². The molecule has 0 aliphatic rings. The molecule has 24 heavy (non-hydrogen) atoms. The summed E-state index contributed by atoms with van der Waals surface area (Å²) in [6, 6.07) is 9.65. The maximum atomic E-state index is 5.64. The number of aromatic nitrogens is 4. The first kappa shape index (κ1) is 15.9. The first-order valence-corrected chi connectivity index (χ1v) is 7.85. The lowest BCUT2D eigenvalue weighted by atomic mass is 10.2. The van der Waals surface area contributed by atoms with Gasteiger partial charge in [-0.05, 0) is 30.2 Å². The van der Waals surface area contributed by atoms with Gasteiger partial charge >= 0.3 is 0 Å². The summed E-state index contributed by atoms with van der Waals surface area (Å²) in [7, 11) is 2.01. The highest BCUT2D eigenvalue weighted by atomic mass is 15.2. The lowest BCUT2D eigenvalue weighted by molar-refractivity contribution is 0.876. The number of aryl methyl sites for hydroxylation is 1. The van der Waals surface area contributed by atoms with E-state index in [2.05, 4.69) is 26.8 Å². The van der Waals surface area contributed by atoms with Crippen LogP contribution in [0.25, 0.3) is 11.4 Å². The van der Waals surface area contributed by atoms with Gasteiger partial charge in [0, 0.05) is 49.5 Å². The van der Waals surface area contributed by atoms with Gasteiger partial charge in [-0.15, -0.1) is 0 Å². The minimum atomic E-state index is 0.525. The van der Waals surface area contributed by atoms with Crippen molar-refractivity contribution >= 4 is 11.6 Å². The van der Waals surface area contributed by atoms with E-state index in [0.717, 1.165) is 29.1 Å². The van der Waals surface area contributed by atoms with E-state index in [1.807, 2.05) is 37.4 Å². The van der Waals surface area contributed by atoms with Gasteiger partial charge in [0.05, 0.1) is 0 Å². The van der Waals surface area contributed by atoms with Crippen LogP contribution in [0.5, 0.6) is 0 Å². The van der Waals surface area contributed by atoms with Crippen LogP contribution in [-0.4, -0.2) is 27.0 Å². The zero-order chi connectivity index (χ0) is 16.9. The summed E-state index contributed by atoms with van der Waals surface area (Å²) >= 11 is 0. The van der Waals surface area contributed by atoms with Crippen molar-refractivity contribution in [1.82, 2.24) is 19.9 Å². The van der Waals surface area contributed by atoms with Crippen LogP contribution in [-0.2, 0) is 13.0 Å². The van der Waals surface area contributed by atoms with Crippen molar-refractivity contribution in [2.75, 3.05) is 17.7 Å². The number of pyridine rings is 2. The standard InChI is InChI=1S/C18H20N6/c1-3-15-10-17(23-18(22-15)14-6-8-20-9-7-14)24(2)12-13-4-5-16(19)21-11-13/h4-11H,3,12H2,1-2H3,(H2,19,21). The first-order chi connectivity index (χ1) is 11.7. The molecule has 0 aromatic carbocycles. The van der Waals surface area contributed by atoms with Gasteiger partial charge in [0.15, 0.2) is 5.82 Å². The van der Waals surface area contributed by atoms with Gasteiger partial charge in [-0.2, -0.15) is 0 Å². The van der Waals surface area contributed by atoms with Gasteiger partial charge in [-0.1, -0.05) is 13.0 Å². The third kappa shape index (κ3) is 3.65. The lowest BCUT2D eigenvalue weighted by Crippen LogP contribution is -2.19. The molecule has 0 spiro atoms. The molecule has 0 saturated carbocycles. The summed E-state index contributed by atoms with van der Waals surface area (Å²) < 4.78 is 0. The fourth-order valence-corrected chi connectivity index (χ4v) is 2.37. The molecule has 6 nitrogen and oxygen atoms in total. The normalized spacial score (nSPS) is 10.6. The minimum Gasteiger partial charge on any atom is -0.384 e. The summed E-state index contributed by atoms with van der Waals surface area (Å²) in [6.45, 7) is 2.79. The molecule has 0 aliphatic carbocycles. The number of nitrogens with two attached hydrogens (primary N) is 1. The molecule has 0 unspecified atom stereocenters. The number of nitrogen functional groups attached to an aromatic ring is 1. The second-order valence-electron chi connectivity index (χ2n) is 5.58. The SMILES string of the molecule is CCc1cc(N(C)Cc2ccc(N)nc2)nc(-c2ccncc2)n1. The summed E-state index contributed by atoms with van der Waals surface area (Å²) in [4.78, 5) is 19.6.